The second-order valence-electron chi connectivity index (χ2n) is 5.49. The molecule has 1 N–H and O–H groups in total. The van der Waals surface area contributed by atoms with E-state index in [4.69, 9.17) is 4.74 Å². The molecular weight excluding hydrogens is 320 g/mol. The van der Waals surface area contributed by atoms with Gasteiger partial charge in [-0.15, -0.1) is 11.3 Å². The van der Waals surface area contributed by atoms with E-state index in [1.807, 2.05) is 61.7 Å². The first-order valence-electron chi connectivity index (χ1n) is 7.56. The SMILES string of the molecule is COc1ccccc1-c1csc(NC(=O)c2ccc(C)c(C)c2)n1. The summed E-state index contributed by atoms with van der Waals surface area (Å²) in [5.41, 5.74) is 4.58. The first-order chi connectivity index (χ1) is 11.6. The molecule has 3 rings (SSSR count). The van der Waals surface area contributed by atoms with Crippen molar-refractivity contribution in [3.05, 3.63) is 64.5 Å². The Hall–Kier alpha value is -2.66. The third-order valence-electron chi connectivity index (χ3n) is 3.88. The maximum Gasteiger partial charge on any atom is 0.257 e. The standard InChI is InChI=1S/C19H18N2O2S/c1-12-8-9-14(10-13(12)2)18(22)21-19-20-16(11-24-19)15-6-4-5-7-17(15)23-3/h4-11H,1-3H3,(H,20,21,22). The molecule has 3 aromatic rings. The zero-order chi connectivity index (χ0) is 17.1. The number of aromatic nitrogens is 1. The van der Waals surface area contributed by atoms with Crippen LogP contribution < -0.4 is 10.1 Å². The van der Waals surface area contributed by atoms with Gasteiger partial charge in [-0.1, -0.05) is 18.2 Å². The number of methoxy groups -OCH3 is 1. The first-order valence-corrected chi connectivity index (χ1v) is 8.44. The molecule has 0 bridgehead atoms. The molecule has 0 unspecified atom stereocenters. The predicted octanol–water partition coefficient (Wildman–Crippen LogP) is 4.69. The van der Waals surface area contributed by atoms with Crippen molar-refractivity contribution in [2.45, 2.75) is 13.8 Å². The van der Waals surface area contributed by atoms with Crippen molar-refractivity contribution in [1.82, 2.24) is 4.98 Å². The Labute approximate surface area is 145 Å². The fourth-order valence-electron chi connectivity index (χ4n) is 2.36. The van der Waals surface area contributed by atoms with Crippen LogP contribution >= 0.6 is 11.3 Å². The molecule has 0 saturated carbocycles. The molecule has 0 aliphatic carbocycles. The largest absolute Gasteiger partial charge is 0.496 e. The summed E-state index contributed by atoms with van der Waals surface area (Å²) < 4.78 is 5.36. The van der Waals surface area contributed by atoms with Crippen molar-refractivity contribution in [2.24, 2.45) is 0 Å². The lowest BCUT2D eigenvalue weighted by atomic mass is 10.1. The summed E-state index contributed by atoms with van der Waals surface area (Å²) in [6.07, 6.45) is 0. The minimum Gasteiger partial charge on any atom is -0.496 e. The van der Waals surface area contributed by atoms with Crippen molar-refractivity contribution in [3.63, 3.8) is 0 Å². The number of aryl methyl sites for hydroxylation is 2. The molecule has 0 aliphatic heterocycles. The smallest absolute Gasteiger partial charge is 0.257 e. The Bertz CT molecular complexity index is 887. The summed E-state index contributed by atoms with van der Waals surface area (Å²) in [6, 6.07) is 13.4. The molecule has 1 heterocycles. The number of carbonyl (C=O) groups excluding carboxylic acids is 1. The van der Waals surface area contributed by atoms with Gasteiger partial charge in [0.05, 0.1) is 12.8 Å². The van der Waals surface area contributed by atoms with Gasteiger partial charge in [0.2, 0.25) is 0 Å². The Morgan fingerprint density at radius 3 is 2.67 bits per heavy atom. The predicted molar refractivity (Wildman–Crippen MR) is 98.0 cm³/mol. The summed E-state index contributed by atoms with van der Waals surface area (Å²) in [4.78, 5) is 16.9. The average molecular weight is 338 g/mol. The van der Waals surface area contributed by atoms with Gasteiger partial charge in [0.15, 0.2) is 5.13 Å². The Kier molecular flexibility index (Phi) is 4.62. The number of carbonyl (C=O) groups is 1. The molecule has 0 spiro atoms. The van der Waals surface area contributed by atoms with Crippen LogP contribution in [0, 0.1) is 13.8 Å². The van der Waals surface area contributed by atoms with Gasteiger partial charge < -0.3 is 4.74 Å². The van der Waals surface area contributed by atoms with Crippen molar-refractivity contribution in [3.8, 4) is 17.0 Å². The van der Waals surface area contributed by atoms with E-state index >= 15 is 0 Å². The molecule has 24 heavy (non-hydrogen) atoms. The zero-order valence-electron chi connectivity index (χ0n) is 13.8. The molecule has 4 nitrogen and oxygen atoms in total. The molecule has 0 fully saturated rings. The van der Waals surface area contributed by atoms with Crippen LogP contribution in [0.1, 0.15) is 21.5 Å². The number of hydrogen-bond donors (Lipinski definition) is 1. The van der Waals surface area contributed by atoms with Crippen LogP contribution in [0.5, 0.6) is 5.75 Å². The van der Waals surface area contributed by atoms with E-state index in [-0.39, 0.29) is 5.91 Å². The molecule has 0 aliphatic rings. The van der Waals surface area contributed by atoms with Gasteiger partial charge in [-0.05, 0) is 49.2 Å². The summed E-state index contributed by atoms with van der Waals surface area (Å²) in [5.74, 6) is 0.605. The lowest BCUT2D eigenvalue weighted by Gasteiger charge is -2.06. The average Bonchev–Trinajstić information content (AvgIpc) is 3.05. The Balaban J connectivity index is 1.81. The zero-order valence-corrected chi connectivity index (χ0v) is 14.6. The van der Waals surface area contributed by atoms with Gasteiger partial charge in [-0.25, -0.2) is 4.98 Å². The number of amides is 1. The van der Waals surface area contributed by atoms with E-state index in [9.17, 15) is 4.79 Å². The monoisotopic (exact) mass is 338 g/mol. The number of nitrogens with zero attached hydrogens (tertiary/aromatic N) is 1. The van der Waals surface area contributed by atoms with Gasteiger partial charge >= 0.3 is 0 Å². The highest BCUT2D eigenvalue weighted by Crippen LogP contribution is 2.32. The molecular formula is C19H18N2O2S. The first kappa shape index (κ1) is 16.2. The quantitative estimate of drug-likeness (QED) is 0.751. The molecule has 0 radical (unpaired) electrons. The summed E-state index contributed by atoms with van der Waals surface area (Å²) in [6.45, 7) is 4.02. The fourth-order valence-corrected chi connectivity index (χ4v) is 3.07. The van der Waals surface area contributed by atoms with Crippen molar-refractivity contribution in [2.75, 3.05) is 12.4 Å². The molecule has 0 atom stereocenters. The van der Waals surface area contributed by atoms with Gasteiger partial charge in [-0.2, -0.15) is 0 Å². The summed E-state index contributed by atoms with van der Waals surface area (Å²) in [5, 5.41) is 5.34. The second kappa shape index (κ2) is 6.84. The number of anilines is 1. The molecule has 1 amide bonds. The highest BCUT2D eigenvalue weighted by Gasteiger charge is 2.12. The van der Waals surface area contributed by atoms with Crippen LogP contribution in [0.25, 0.3) is 11.3 Å². The summed E-state index contributed by atoms with van der Waals surface area (Å²) in [7, 11) is 1.63. The van der Waals surface area contributed by atoms with Gasteiger partial charge in [-0.3, -0.25) is 10.1 Å². The Morgan fingerprint density at radius 2 is 1.92 bits per heavy atom. The third kappa shape index (κ3) is 3.31. The highest BCUT2D eigenvalue weighted by atomic mass is 32.1. The van der Waals surface area contributed by atoms with E-state index < -0.39 is 0 Å². The van der Waals surface area contributed by atoms with Crippen LogP contribution in [0.2, 0.25) is 0 Å². The number of rotatable bonds is 4. The highest BCUT2D eigenvalue weighted by molar-refractivity contribution is 7.14. The topological polar surface area (TPSA) is 51.2 Å². The van der Waals surface area contributed by atoms with Crippen LogP contribution in [0.15, 0.2) is 47.8 Å². The number of hydrogen-bond acceptors (Lipinski definition) is 4. The number of para-hydroxylation sites is 1. The maximum atomic E-state index is 12.4. The molecule has 1 aromatic heterocycles. The normalized spacial score (nSPS) is 10.5. The van der Waals surface area contributed by atoms with E-state index in [1.165, 1.54) is 16.9 Å². The minimum absolute atomic E-state index is 0.154. The van der Waals surface area contributed by atoms with Gasteiger partial charge in [0.1, 0.15) is 5.75 Å². The number of thiazole rings is 1. The van der Waals surface area contributed by atoms with E-state index in [0.29, 0.717) is 10.7 Å². The van der Waals surface area contributed by atoms with Crippen molar-refractivity contribution >= 4 is 22.4 Å². The fraction of sp³-hybridized carbons (Fsp3) is 0.158. The lowest BCUT2D eigenvalue weighted by molar-refractivity contribution is 0.102. The van der Waals surface area contributed by atoms with Crippen molar-refractivity contribution in [1.29, 1.82) is 0 Å². The minimum atomic E-state index is -0.154. The molecule has 122 valence electrons. The lowest BCUT2D eigenvalue weighted by Crippen LogP contribution is -2.12. The Morgan fingerprint density at radius 1 is 1.12 bits per heavy atom. The number of ether oxygens (including phenoxy) is 1. The van der Waals surface area contributed by atoms with Crippen LogP contribution in [0.3, 0.4) is 0 Å². The summed E-state index contributed by atoms with van der Waals surface area (Å²) >= 11 is 1.40. The van der Waals surface area contributed by atoms with Crippen molar-refractivity contribution < 1.29 is 9.53 Å². The van der Waals surface area contributed by atoms with Gasteiger partial charge in [0.25, 0.3) is 5.91 Å². The third-order valence-corrected chi connectivity index (χ3v) is 4.63. The van der Waals surface area contributed by atoms with E-state index in [0.717, 1.165) is 22.6 Å². The second-order valence-corrected chi connectivity index (χ2v) is 6.35. The van der Waals surface area contributed by atoms with E-state index in [2.05, 4.69) is 10.3 Å². The number of benzene rings is 2. The molecule has 2 aromatic carbocycles. The number of nitrogens with one attached hydrogen (secondary N) is 1. The molecule has 5 heteroatoms. The van der Waals surface area contributed by atoms with Gasteiger partial charge in [0, 0.05) is 16.5 Å². The van der Waals surface area contributed by atoms with Crippen LogP contribution in [-0.4, -0.2) is 18.0 Å². The molecule has 0 saturated heterocycles. The maximum absolute atomic E-state index is 12.4. The van der Waals surface area contributed by atoms with E-state index in [1.54, 1.807) is 7.11 Å². The van der Waals surface area contributed by atoms with Crippen LogP contribution in [-0.2, 0) is 0 Å². The van der Waals surface area contributed by atoms with Crippen LogP contribution in [0.4, 0.5) is 5.13 Å².